The van der Waals surface area contributed by atoms with Crippen molar-refractivity contribution in [1.82, 2.24) is 25.0 Å². The molecule has 1 aromatic carbocycles. The van der Waals surface area contributed by atoms with Crippen LogP contribution in [-0.4, -0.2) is 56.9 Å². The fraction of sp³-hybridized carbons (Fsp3) is 0.500. The lowest BCUT2D eigenvalue weighted by Crippen LogP contribution is -2.45. The number of carbonyl (C=O) groups excluding carboxylic acids is 2. The molecule has 1 aliphatic rings. The fourth-order valence-corrected chi connectivity index (χ4v) is 3.75. The number of ether oxygens (including phenoxy) is 1. The number of carbonyl (C=O) groups is 2. The van der Waals surface area contributed by atoms with Crippen molar-refractivity contribution in [3.63, 3.8) is 0 Å². The Bertz CT molecular complexity index is 970. The molecule has 1 fully saturated rings. The highest BCUT2D eigenvalue weighted by molar-refractivity contribution is 5.90. The minimum Gasteiger partial charge on any atom is -0.444 e. The molecule has 0 aliphatic carbocycles. The number of amides is 2. The Hall–Kier alpha value is -3.16. The predicted molar refractivity (Wildman–Crippen MR) is 124 cm³/mol. The molecule has 0 bridgehead atoms. The lowest BCUT2D eigenvalue weighted by Gasteiger charge is -2.34. The van der Waals surface area contributed by atoms with E-state index in [1.54, 1.807) is 17.4 Å². The Morgan fingerprint density at radius 3 is 2.62 bits per heavy atom. The van der Waals surface area contributed by atoms with Gasteiger partial charge in [0.2, 0.25) is 5.91 Å². The summed E-state index contributed by atoms with van der Waals surface area (Å²) in [6.07, 6.45) is 6.17. The van der Waals surface area contributed by atoms with Gasteiger partial charge < -0.3 is 15.0 Å². The molecule has 172 valence electrons. The van der Waals surface area contributed by atoms with Crippen LogP contribution in [0.1, 0.15) is 44.7 Å². The van der Waals surface area contributed by atoms with Crippen molar-refractivity contribution in [3.8, 4) is 11.4 Å². The van der Waals surface area contributed by atoms with Crippen molar-refractivity contribution in [3.05, 3.63) is 41.7 Å². The van der Waals surface area contributed by atoms with Gasteiger partial charge in [-0.1, -0.05) is 17.2 Å². The Labute approximate surface area is 189 Å². The van der Waals surface area contributed by atoms with Gasteiger partial charge >= 0.3 is 6.09 Å². The third-order valence-corrected chi connectivity index (χ3v) is 5.10. The second-order valence-electron chi connectivity index (χ2n) is 9.42. The van der Waals surface area contributed by atoms with Gasteiger partial charge in [-0.3, -0.25) is 4.79 Å². The Balaban J connectivity index is 1.50. The van der Waals surface area contributed by atoms with Crippen LogP contribution in [0.2, 0.25) is 0 Å². The van der Waals surface area contributed by atoms with Crippen molar-refractivity contribution >= 4 is 18.2 Å². The average Bonchev–Trinajstić information content (AvgIpc) is 3.18. The number of nitrogens with one attached hydrogen (secondary N) is 1. The molecular weight excluding hydrogens is 406 g/mol. The summed E-state index contributed by atoms with van der Waals surface area (Å²) in [5, 5.41) is 7.34. The van der Waals surface area contributed by atoms with E-state index in [9.17, 15) is 9.59 Å². The van der Waals surface area contributed by atoms with E-state index in [0.717, 1.165) is 29.5 Å². The van der Waals surface area contributed by atoms with Crippen LogP contribution in [0, 0.1) is 19.8 Å². The molecule has 1 N–H and O–H groups in total. The molecule has 8 nitrogen and oxygen atoms in total. The normalized spacial score (nSPS) is 16.9. The summed E-state index contributed by atoms with van der Waals surface area (Å²) >= 11 is 0. The lowest BCUT2D eigenvalue weighted by molar-refractivity contribution is -0.116. The molecule has 0 saturated carbocycles. The molecule has 3 rings (SSSR count). The number of likely N-dealkylation sites (tertiary alicyclic amines) is 1. The number of nitrogens with zero attached hydrogens (tertiary/aromatic N) is 4. The number of rotatable bonds is 5. The Morgan fingerprint density at radius 1 is 1.22 bits per heavy atom. The van der Waals surface area contributed by atoms with E-state index in [2.05, 4.69) is 21.5 Å². The van der Waals surface area contributed by atoms with E-state index in [4.69, 9.17) is 4.74 Å². The maximum Gasteiger partial charge on any atom is 0.410 e. The molecular formula is C24H33N5O3. The smallest absolute Gasteiger partial charge is 0.410 e. The highest BCUT2D eigenvalue weighted by Gasteiger charge is 2.27. The highest BCUT2D eigenvalue weighted by Crippen LogP contribution is 2.19. The second kappa shape index (κ2) is 9.97. The highest BCUT2D eigenvalue weighted by atomic mass is 16.6. The Kier molecular flexibility index (Phi) is 7.33. The van der Waals surface area contributed by atoms with Crippen LogP contribution in [0.4, 0.5) is 4.79 Å². The van der Waals surface area contributed by atoms with Gasteiger partial charge in [-0.2, -0.15) is 0 Å². The van der Waals surface area contributed by atoms with E-state index in [0.29, 0.717) is 25.5 Å². The van der Waals surface area contributed by atoms with Crippen molar-refractivity contribution in [2.75, 3.05) is 19.6 Å². The minimum absolute atomic E-state index is 0.205. The molecule has 2 heterocycles. The quantitative estimate of drug-likeness (QED) is 0.716. The molecule has 2 amide bonds. The maximum atomic E-state index is 12.3. The fourth-order valence-electron chi connectivity index (χ4n) is 3.75. The van der Waals surface area contributed by atoms with Crippen molar-refractivity contribution < 1.29 is 14.3 Å². The van der Waals surface area contributed by atoms with Crippen molar-refractivity contribution in [1.29, 1.82) is 0 Å². The summed E-state index contributed by atoms with van der Waals surface area (Å²) in [7, 11) is 0. The summed E-state index contributed by atoms with van der Waals surface area (Å²) in [4.78, 5) is 30.6. The maximum absolute atomic E-state index is 12.3. The van der Waals surface area contributed by atoms with E-state index < -0.39 is 5.60 Å². The molecule has 2 aromatic rings. The molecule has 8 heteroatoms. The third-order valence-electron chi connectivity index (χ3n) is 5.10. The number of aryl methyl sites for hydroxylation is 2. The molecule has 1 atom stereocenters. The summed E-state index contributed by atoms with van der Waals surface area (Å²) < 4.78 is 6.98. The summed E-state index contributed by atoms with van der Waals surface area (Å²) in [6.45, 7) is 11.4. The van der Waals surface area contributed by atoms with Crippen LogP contribution in [0.25, 0.3) is 17.6 Å². The van der Waals surface area contributed by atoms with Gasteiger partial charge in [0.15, 0.2) is 5.82 Å². The first-order valence-corrected chi connectivity index (χ1v) is 11.0. The number of benzene rings is 1. The summed E-state index contributed by atoms with van der Waals surface area (Å²) in [6, 6.07) is 6.17. The standard InChI is InChI=1S/C24H33N5O3/c1-17-11-18(2)13-20(12-17)22-26-16-29(27-22)10-8-21(30)25-14-19-7-6-9-28(15-19)23(31)32-24(3,4)5/h8,10-13,16,19H,6-7,9,14-15H2,1-5H3,(H,25,30)/b10-8-. The van der Waals surface area contributed by atoms with Gasteiger partial charge in [0.1, 0.15) is 11.9 Å². The van der Waals surface area contributed by atoms with E-state index in [1.165, 1.54) is 10.8 Å². The topological polar surface area (TPSA) is 89.4 Å². The first-order chi connectivity index (χ1) is 15.1. The molecule has 1 aliphatic heterocycles. The summed E-state index contributed by atoms with van der Waals surface area (Å²) in [5.41, 5.74) is 2.74. The number of piperidine rings is 1. The SMILES string of the molecule is Cc1cc(C)cc(-c2ncn(/C=C\C(=O)NCC3CCCN(C(=O)OC(C)(C)C)C3)n2)c1. The zero-order valence-electron chi connectivity index (χ0n) is 19.6. The van der Waals surface area contributed by atoms with Crippen LogP contribution < -0.4 is 5.32 Å². The lowest BCUT2D eigenvalue weighted by atomic mass is 9.98. The second-order valence-corrected chi connectivity index (χ2v) is 9.42. The number of aromatic nitrogens is 3. The average molecular weight is 440 g/mol. The number of hydrogen-bond donors (Lipinski definition) is 1. The predicted octanol–water partition coefficient (Wildman–Crippen LogP) is 3.80. The molecule has 1 saturated heterocycles. The molecule has 1 aromatic heterocycles. The van der Waals surface area contributed by atoms with E-state index >= 15 is 0 Å². The first kappa shape index (κ1) is 23.5. The van der Waals surface area contributed by atoms with Gasteiger partial charge in [-0.05, 0) is 65.5 Å². The molecule has 0 radical (unpaired) electrons. The Morgan fingerprint density at radius 2 is 1.94 bits per heavy atom. The zero-order chi connectivity index (χ0) is 23.3. The molecule has 1 unspecified atom stereocenters. The van der Waals surface area contributed by atoms with Crippen LogP contribution in [0.15, 0.2) is 30.6 Å². The molecule has 0 spiro atoms. The monoisotopic (exact) mass is 439 g/mol. The van der Waals surface area contributed by atoms with Gasteiger partial charge in [0.25, 0.3) is 0 Å². The van der Waals surface area contributed by atoms with Crippen molar-refractivity contribution in [2.24, 2.45) is 5.92 Å². The van der Waals surface area contributed by atoms with Crippen LogP contribution in [0.3, 0.4) is 0 Å². The first-order valence-electron chi connectivity index (χ1n) is 11.0. The van der Waals surface area contributed by atoms with Gasteiger partial charge in [0, 0.05) is 37.5 Å². The zero-order valence-corrected chi connectivity index (χ0v) is 19.6. The minimum atomic E-state index is -0.511. The third kappa shape index (κ3) is 6.93. The van der Waals surface area contributed by atoms with E-state index in [-0.39, 0.29) is 17.9 Å². The number of hydrogen-bond acceptors (Lipinski definition) is 5. The summed E-state index contributed by atoms with van der Waals surface area (Å²) in [5.74, 6) is 0.616. The van der Waals surface area contributed by atoms with Gasteiger partial charge in [-0.25, -0.2) is 14.5 Å². The van der Waals surface area contributed by atoms with E-state index in [1.807, 2.05) is 46.8 Å². The largest absolute Gasteiger partial charge is 0.444 e. The van der Waals surface area contributed by atoms with Crippen LogP contribution in [0.5, 0.6) is 0 Å². The van der Waals surface area contributed by atoms with Crippen LogP contribution >= 0.6 is 0 Å². The van der Waals surface area contributed by atoms with Crippen LogP contribution in [-0.2, 0) is 9.53 Å². The van der Waals surface area contributed by atoms with Gasteiger partial charge in [-0.15, -0.1) is 5.10 Å². The molecule has 32 heavy (non-hydrogen) atoms. The van der Waals surface area contributed by atoms with Crippen molar-refractivity contribution in [2.45, 2.75) is 53.1 Å². The van der Waals surface area contributed by atoms with Gasteiger partial charge in [0.05, 0.1) is 0 Å².